The third-order valence-electron chi connectivity index (χ3n) is 3.39. The predicted molar refractivity (Wildman–Crippen MR) is 74.5 cm³/mol. The molecular weight excluding hydrogens is 259 g/mol. The molecule has 20 heavy (non-hydrogen) atoms. The molecule has 0 bridgehead atoms. The van der Waals surface area contributed by atoms with Gasteiger partial charge in [-0.15, -0.1) is 0 Å². The molecule has 2 aromatic rings. The molecule has 2 rings (SSSR count). The average molecular weight is 278 g/mol. The van der Waals surface area contributed by atoms with Crippen LogP contribution in [0, 0.1) is 5.82 Å². The molecule has 1 heterocycles. The maximum atomic E-state index is 13.4. The van der Waals surface area contributed by atoms with E-state index < -0.39 is 0 Å². The smallest absolute Gasteiger partial charge is 0.165 e. The standard InChI is InChI=1S/C14H19FN4O/c1-19-11(7-8-17-19)4-6-13(18-16)10-3-5-12(15)14(9-10)20-2/h3,5,7-9,13,18H,4,6,16H2,1-2H3. The van der Waals surface area contributed by atoms with Gasteiger partial charge in [-0.25, -0.2) is 4.39 Å². The zero-order chi connectivity index (χ0) is 14.5. The normalized spacial score (nSPS) is 12.4. The highest BCUT2D eigenvalue weighted by Crippen LogP contribution is 2.25. The number of nitrogens with two attached hydrogens (primary N) is 1. The summed E-state index contributed by atoms with van der Waals surface area (Å²) in [6.45, 7) is 0. The monoisotopic (exact) mass is 278 g/mol. The Balaban J connectivity index is 2.10. The highest BCUT2D eigenvalue weighted by molar-refractivity contribution is 5.32. The Hall–Kier alpha value is -1.92. The van der Waals surface area contributed by atoms with E-state index in [1.807, 2.05) is 17.8 Å². The molecule has 0 aliphatic heterocycles. The number of aromatic nitrogens is 2. The van der Waals surface area contributed by atoms with Crippen molar-refractivity contribution in [1.82, 2.24) is 15.2 Å². The predicted octanol–water partition coefficient (Wildman–Crippen LogP) is 1.70. The number of aryl methyl sites for hydroxylation is 2. The number of benzene rings is 1. The van der Waals surface area contributed by atoms with Gasteiger partial charge in [0.25, 0.3) is 0 Å². The molecule has 108 valence electrons. The Kier molecular flexibility index (Phi) is 4.70. The van der Waals surface area contributed by atoms with Crippen molar-refractivity contribution in [1.29, 1.82) is 0 Å². The van der Waals surface area contributed by atoms with Crippen molar-refractivity contribution in [3.8, 4) is 5.75 Å². The van der Waals surface area contributed by atoms with E-state index in [4.69, 9.17) is 10.6 Å². The number of ether oxygens (including phenoxy) is 1. The van der Waals surface area contributed by atoms with E-state index in [9.17, 15) is 4.39 Å². The van der Waals surface area contributed by atoms with Crippen LogP contribution in [0.25, 0.3) is 0 Å². The van der Waals surface area contributed by atoms with Gasteiger partial charge < -0.3 is 4.74 Å². The third-order valence-corrected chi connectivity index (χ3v) is 3.39. The van der Waals surface area contributed by atoms with Gasteiger partial charge in [-0.3, -0.25) is 16.0 Å². The first-order valence-corrected chi connectivity index (χ1v) is 6.42. The molecule has 0 saturated heterocycles. The van der Waals surface area contributed by atoms with E-state index in [2.05, 4.69) is 10.5 Å². The van der Waals surface area contributed by atoms with Gasteiger partial charge in [-0.2, -0.15) is 5.10 Å². The Labute approximate surface area is 117 Å². The second-order valence-corrected chi connectivity index (χ2v) is 4.60. The number of nitrogens with one attached hydrogen (secondary N) is 1. The second-order valence-electron chi connectivity index (χ2n) is 4.60. The van der Waals surface area contributed by atoms with Gasteiger partial charge in [0.2, 0.25) is 0 Å². The molecule has 0 radical (unpaired) electrons. The van der Waals surface area contributed by atoms with Gasteiger partial charge in [0.1, 0.15) is 0 Å². The summed E-state index contributed by atoms with van der Waals surface area (Å²) in [5.74, 6) is 5.45. The Morgan fingerprint density at radius 2 is 2.25 bits per heavy atom. The lowest BCUT2D eigenvalue weighted by Gasteiger charge is -2.17. The highest BCUT2D eigenvalue weighted by atomic mass is 19.1. The molecular formula is C14H19FN4O. The Bertz CT molecular complexity index is 570. The summed E-state index contributed by atoms with van der Waals surface area (Å²) in [4.78, 5) is 0. The summed E-state index contributed by atoms with van der Waals surface area (Å²) >= 11 is 0. The zero-order valence-electron chi connectivity index (χ0n) is 11.6. The van der Waals surface area contributed by atoms with Crippen molar-refractivity contribution >= 4 is 0 Å². The summed E-state index contributed by atoms with van der Waals surface area (Å²) in [5, 5.41) is 4.13. The number of hydrazine groups is 1. The number of rotatable bonds is 6. The van der Waals surface area contributed by atoms with E-state index in [0.29, 0.717) is 0 Å². The Morgan fingerprint density at radius 3 is 2.85 bits per heavy atom. The summed E-state index contributed by atoms with van der Waals surface area (Å²) < 4.78 is 20.2. The van der Waals surface area contributed by atoms with Crippen molar-refractivity contribution in [3.05, 3.63) is 47.5 Å². The van der Waals surface area contributed by atoms with E-state index >= 15 is 0 Å². The fraction of sp³-hybridized carbons (Fsp3) is 0.357. The van der Waals surface area contributed by atoms with Crippen LogP contribution >= 0.6 is 0 Å². The van der Waals surface area contributed by atoms with Crippen LogP contribution in [0.5, 0.6) is 5.75 Å². The molecule has 6 heteroatoms. The first-order chi connectivity index (χ1) is 9.65. The van der Waals surface area contributed by atoms with Gasteiger partial charge in [0.15, 0.2) is 11.6 Å². The van der Waals surface area contributed by atoms with Crippen LogP contribution in [0.4, 0.5) is 4.39 Å². The van der Waals surface area contributed by atoms with Crippen LogP contribution in [0.15, 0.2) is 30.5 Å². The molecule has 0 spiro atoms. The van der Waals surface area contributed by atoms with Crippen LogP contribution < -0.4 is 16.0 Å². The van der Waals surface area contributed by atoms with E-state index in [0.717, 1.165) is 24.1 Å². The van der Waals surface area contributed by atoms with Crippen molar-refractivity contribution < 1.29 is 9.13 Å². The van der Waals surface area contributed by atoms with Crippen molar-refractivity contribution in [3.63, 3.8) is 0 Å². The average Bonchev–Trinajstić information content (AvgIpc) is 2.86. The first-order valence-electron chi connectivity index (χ1n) is 6.42. The van der Waals surface area contributed by atoms with Crippen molar-refractivity contribution in [2.24, 2.45) is 12.9 Å². The van der Waals surface area contributed by atoms with Gasteiger partial charge in [0, 0.05) is 25.0 Å². The zero-order valence-corrected chi connectivity index (χ0v) is 11.6. The lowest BCUT2D eigenvalue weighted by molar-refractivity contribution is 0.384. The van der Waals surface area contributed by atoms with Crippen LogP contribution in [0.3, 0.4) is 0 Å². The van der Waals surface area contributed by atoms with Gasteiger partial charge in [0.05, 0.1) is 7.11 Å². The minimum absolute atomic E-state index is 0.0700. The molecule has 1 unspecified atom stereocenters. The molecule has 0 saturated carbocycles. The maximum absolute atomic E-state index is 13.4. The van der Waals surface area contributed by atoms with Crippen LogP contribution in [0.2, 0.25) is 0 Å². The van der Waals surface area contributed by atoms with Crippen molar-refractivity contribution in [2.75, 3.05) is 7.11 Å². The fourth-order valence-corrected chi connectivity index (χ4v) is 2.18. The molecule has 0 aliphatic rings. The minimum atomic E-state index is -0.376. The quantitative estimate of drug-likeness (QED) is 0.623. The SMILES string of the molecule is COc1cc(C(CCc2ccnn2C)NN)ccc1F. The summed E-state index contributed by atoms with van der Waals surface area (Å²) in [5.41, 5.74) is 4.78. The summed E-state index contributed by atoms with van der Waals surface area (Å²) in [6, 6.07) is 6.68. The van der Waals surface area contributed by atoms with Gasteiger partial charge in [-0.1, -0.05) is 6.07 Å². The molecule has 1 atom stereocenters. The highest BCUT2D eigenvalue weighted by Gasteiger charge is 2.13. The maximum Gasteiger partial charge on any atom is 0.165 e. The number of nitrogens with zero attached hydrogens (tertiary/aromatic N) is 2. The Morgan fingerprint density at radius 1 is 1.45 bits per heavy atom. The lowest BCUT2D eigenvalue weighted by Crippen LogP contribution is -2.28. The topological polar surface area (TPSA) is 65.1 Å². The van der Waals surface area contributed by atoms with E-state index in [-0.39, 0.29) is 17.6 Å². The molecule has 5 nitrogen and oxygen atoms in total. The molecule has 3 N–H and O–H groups in total. The van der Waals surface area contributed by atoms with Crippen molar-refractivity contribution in [2.45, 2.75) is 18.9 Å². The molecule has 0 fully saturated rings. The third kappa shape index (κ3) is 3.15. The molecule has 0 amide bonds. The number of methoxy groups -OCH3 is 1. The molecule has 1 aromatic carbocycles. The van der Waals surface area contributed by atoms with Gasteiger partial charge >= 0.3 is 0 Å². The van der Waals surface area contributed by atoms with Gasteiger partial charge in [-0.05, 0) is 36.6 Å². The summed E-state index contributed by atoms with van der Waals surface area (Å²) in [7, 11) is 3.35. The van der Waals surface area contributed by atoms with Crippen LogP contribution in [-0.2, 0) is 13.5 Å². The van der Waals surface area contributed by atoms with Crippen LogP contribution in [-0.4, -0.2) is 16.9 Å². The van der Waals surface area contributed by atoms with E-state index in [1.165, 1.54) is 13.2 Å². The number of halogens is 1. The molecule has 1 aromatic heterocycles. The molecule has 0 aliphatic carbocycles. The minimum Gasteiger partial charge on any atom is -0.494 e. The fourth-order valence-electron chi connectivity index (χ4n) is 2.18. The van der Waals surface area contributed by atoms with Crippen LogP contribution in [0.1, 0.15) is 23.7 Å². The van der Waals surface area contributed by atoms with E-state index in [1.54, 1.807) is 18.3 Å². The number of hydrogen-bond acceptors (Lipinski definition) is 4. The lowest BCUT2D eigenvalue weighted by atomic mass is 10.0. The first kappa shape index (κ1) is 14.5. The largest absolute Gasteiger partial charge is 0.494 e. The number of hydrogen-bond donors (Lipinski definition) is 2. The second kappa shape index (κ2) is 6.49. The summed E-state index contributed by atoms with van der Waals surface area (Å²) in [6.07, 6.45) is 3.37.